The summed E-state index contributed by atoms with van der Waals surface area (Å²) < 4.78 is 5.20. The first-order valence-corrected chi connectivity index (χ1v) is 9.36. The van der Waals surface area contributed by atoms with Crippen LogP contribution in [0.1, 0.15) is 10.5 Å². The van der Waals surface area contributed by atoms with Crippen LogP contribution in [0.25, 0.3) is 11.3 Å². The zero-order valence-corrected chi connectivity index (χ0v) is 15.9. The summed E-state index contributed by atoms with van der Waals surface area (Å²) in [5.41, 5.74) is 2.10. The van der Waals surface area contributed by atoms with Crippen LogP contribution in [0.4, 0.5) is 16.2 Å². The van der Waals surface area contributed by atoms with E-state index in [1.807, 2.05) is 30.3 Å². The molecule has 1 fully saturated rings. The van der Waals surface area contributed by atoms with Crippen LogP contribution in [0.3, 0.4) is 0 Å². The molecule has 152 valence electrons. The third kappa shape index (κ3) is 4.30. The molecule has 9 nitrogen and oxygen atoms in total. The number of anilines is 2. The Morgan fingerprint density at radius 2 is 1.93 bits per heavy atom. The summed E-state index contributed by atoms with van der Waals surface area (Å²) in [4.78, 5) is 37.8. The van der Waals surface area contributed by atoms with Crippen molar-refractivity contribution in [1.82, 2.24) is 15.8 Å². The van der Waals surface area contributed by atoms with Gasteiger partial charge in [-0.2, -0.15) is 0 Å². The predicted molar refractivity (Wildman–Crippen MR) is 110 cm³/mol. The first-order valence-electron chi connectivity index (χ1n) is 9.36. The molecule has 0 saturated carbocycles. The highest BCUT2D eigenvalue weighted by molar-refractivity contribution is 5.99. The minimum atomic E-state index is -0.515. The van der Waals surface area contributed by atoms with Crippen LogP contribution in [0.15, 0.2) is 65.2 Å². The molecule has 2 heterocycles. The van der Waals surface area contributed by atoms with E-state index < -0.39 is 11.8 Å². The molecule has 0 spiro atoms. The van der Waals surface area contributed by atoms with Gasteiger partial charge in [0.2, 0.25) is 5.91 Å². The average Bonchev–Trinajstić information content (AvgIpc) is 3.42. The molecule has 3 aromatic rings. The van der Waals surface area contributed by atoms with Gasteiger partial charge < -0.3 is 20.5 Å². The number of carbonyl (C=O) groups is 3. The van der Waals surface area contributed by atoms with Crippen molar-refractivity contribution in [2.75, 3.05) is 29.9 Å². The second-order valence-corrected chi connectivity index (χ2v) is 6.61. The van der Waals surface area contributed by atoms with Gasteiger partial charge in [-0.3, -0.25) is 14.5 Å². The van der Waals surface area contributed by atoms with Gasteiger partial charge in [0, 0.05) is 36.1 Å². The topological polar surface area (TPSA) is 117 Å². The molecule has 0 unspecified atom stereocenters. The maximum atomic E-state index is 12.2. The molecule has 1 aliphatic rings. The van der Waals surface area contributed by atoms with E-state index in [0.29, 0.717) is 30.2 Å². The van der Waals surface area contributed by atoms with Gasteiger partial charge in [0.05, 0.1) is 6.54 Å². The molecular weight excluding hydrogens is 386 g/mol. The van der Waals surface area contributed by atoms with Crippen LogP contribution in [0.2, 0.25) is 0 Å². The van der Waals surface area contributed by atoms with Crippen molar-refractivity contribution >= 4 is 29.2 Å². The Morgan fingerprint density at radius 3 is 2.70 bits per heavy atom. The highest BCUT2D eigenvalue weighted by atomic mass is 16.5. The monoisotopic (exact) mass is 405 g/mol. The number of hydrogen-bond acceptors (Lipinski definition) is 5. The molecule has 1 aromatic heterocycles. The van der Waals surface area contributed by atoms with E-state index in [1.165, 1.54) is 6.07 Å². The van der Waals surface area contributed by atoms with Gasteiger partial charge in [-0.05, 0) is 18.2 Å². The Labute approximate surface area is 172 Å². The highest BCUT2D eigenvalue weighted by Gasteiger charge is 2.21. The molecule has 9 heteroatoms. The van der Waals surface area contributed by atoms with Gasteiger partial charge in [-0.25, -0.2) is 4.79 Å². The number of nitrogens with one attached hydrogen (secondary N) is 3. The molecule has 1 aliphatic heterocycles. The van der Waals surface area contributed by atoms with Gasteiger partial charge in [0.1, 0.15) is 0 Å². The lowest BCUT2D eigenvalue weighted by atomic mass is 10.1. The molecule has 1 saturated heterocycles. The zero-order chi connectivity index (χ0) is 20.9. The maximum Gasteiger partial charge on any atom is 0.321 e. The fourth-order valence-corrected chi connectivity index (χ4v) is 3.05. The number of rotatable bonds is 6. The largest absolute Gasteiger partial charge is 0.355 e. The lowest BCUT2D eigenvalue weighted by molar-refractivity contribution is -0.115. The van der Waals surface area contributed by atoms with Crippen LogP contribution in [-0.2, 0) is 4.79 Å². The van der Waals surface area contributed by atoms with E-state index in [0.717, 1.165) is 5.56 Å². The quantitative estimate of drug-likeness (QED) is 0.582. The first kappa shape index (κ1) is 19.2. The summed E-state index contributed by atoms with van der Waals surface area (Å²) in [6.45, 7) is 0.908. The number of nitrogens with zero attached hydrogens (tertiary/aromatic N) is 2. The van der Waals surface area contributed by atoms with Crippen molar-refractivity contribution in [3.8, 4) is 11.3 Å². The Kier molecular flexibility index (Phi) is 5.42. The molecule has 0 radical (unpaired) electrons. The number of aromatic nitrogens is 1. The highest BCUT2D eigenvalue weighted by Crippen LogP contribution is 2.21. The zero-order valence-electron chi connectivity index (χ0n) is 15.9. The van der Waals surface area contributed by atoms with Gasteiger partial charge in [-0.15, -0.1) is 0 Å². The van der Waals surface area contributed by atoms with Crippen LogP contribution < -0.4 is 20.9 Å². The molecule has 30 heavy (non-hydrogen) atoms. The minimum Gasteiger partial charge on any atom is -0.355 e. The van der Waals surface area contributed by atoms with E-state index in [9.17, 15) is 14.4 Å². The third-order valence-electron chi connectivity index (χ3n) is 4.51. The van der Waals surface area contributed by atoms with Gasteiger partial charge in [0.15, 0.2) is 11.5 Å². The Bertz CT molecular complexity index is 1080. The van der Waals surface area contributed by atoms with E-state index in [4.69, 9.17) is 4.52 Å². The minimum absolute atomic E-state index is 0.0868. The summed E-state index contributed by atoms with van der Waals surface area (Å²) in [6, 6.07) is 17.6. The number of amides is 4. The van der Waals surface area contributed by atoms with Crippen molar-refractivity contribution in [3.63, 3.8) is 0 Å². The second-order valence-electron chi connectivity index (χ2n) is 6.61. The Hall–Kier alpha value is -4.14. The fourth-order valence-electron chi connectivity index (χ4n) is 3.05. The summed E-state index contributed by atoms with van der Waals surface area (Å²) in [7, 11) is 0. The van der Waals surface area contributed by atoms with Crippen LogP contribution in [0.5, 0.6) is 0 Å². The smallest absolute Gasteiger partial charge is 0.321 e. The Morgan fingerprint density at radius 1 is 1.10 bits per heavy atom. The average molecular weight is 405 g/mol. The molecular formula is C21H19N5O4. The molecule has 0 aliphatic carbocycles. The van der Waals surface area contributed by atoms with Crippen molar-refractivity contribution in [3.05, 3.63) is 66.4 Å². The molecule has 3 N–H and O–H groups in total. The van der Waals surface area contributed by atoms with Crippen molar-refractivity contribution in [2.24, 2.45) is 0 Å². The summed E-state index contributed by atoms with van der Waals surface area (Å²) >= 11 is 0. The summed E-state index contributed by atoms with van der Waals surface area (Å²) in [6.07, 6.45) is 0. The normalized spacial score (nSPS) is 13.1. The lowest BCUT2D eigenvalue weighted by Crippen LogP contribution is -2.33. The molecule has 4 rings (SSSR count). The Balaban J connectivity index is 1.32. The maximum absolute atomic E-state index is 12.2. The van der Waals surface area contributed by atoms with E-state index in [1.54, 1.807) is 29.2 Å². The molecule has 0 atom stereocenters. The van der Waals surface area contributed by atoms with Crippen LogP contribution in [0, 0.1) is 0 Å². The first-order chi connectivity index (χ1) is 14.6. The third-order valence-corrected chi connectivity index (χ3v) is 4.51. The van der Waals surface area contributed by atoms with E-state index in [-0.39, 0.29) is 18.3 Å². The van der Waals surface area contributed by atoms with Crippen LogP contribution >= 0.6 is 0 Å². The molecule has 0 bridgehead atoms. The van der Waals surface area contributed by atoms with Crippen molar-refractivity contribution < 1.29 is 18.9 Å². The number of carbonyl (C=O) groups excluding carboxylic acids is 3. The van der Waals surface area contributed by atoms with Gasteiger partial charge in [0.25, 0.3) is 5.91 Å². The number of hydrogen-bond donors (Lipinski definition) is 3. The van der Waals surface area contributed by atoms with Crippen molar-refractivity contribution in [1.29, 1.82) is 0 Å². The fraction of sp³-hybridized carbons (Fsp3) is 0.143. The van der Waals surface area contributed by atoms with Crippen LogP contribution in [-0.4, -0.2) is 42.6 Å². The van der Waals surface area contributed by atoms with E-state index in [2.05, 4.69) is 21.1 Å². The number of urea groups is 1. The van der Waals surface area contributed by atoms with E-state index >= 15 is 0 Å². The predicted octanol–water partition coefficient (Wildman–Crippen LogP) is 2.24. The lowest BCUT2D eigenvalue weighted by Gasteiger charge is -2.15. The van der Waals surface area contributed by atoms with Gasteiger partial charge >= 0.3 is 6.03 Å². The van der Waals surface area contributed by atoms with Gasteiger partial charge in [-0.1, -0.05) is 41.6 Å². The molecule has 4 amide bonds. The SMILES string of the molecule is O=C(CNC(=O)c1cc(-c2ccccc2)on1)Nc1cccc(N2CCNC2=O)c1. The summed E-state index contributed by atoms with van der Waals surface area (Å²) in [5.74, 6) is -0.454. The standard InChI is InChI=1S/C21H19N5O4/c27-19(24-15-7-4-8-16(11-15)26-10-9-22-21(26)29)13-23-20(28)17-12-18(30-25-17)14-5-2-1-3-6-14/h1-8,11-12H,9-10,13H2,(H,22,29)(H,23,28)(H,24,27). The van der Waals surface area contributed by atoms with Crippen molar-refractivity contribution in [2.45, 2.75) is 0 Å². The molecule has 2 aromatic carbocycles. The summed E-state index contributed by atoms with van der Waals surface area (Å²) in [5, 5.41) is 11.7. The number of benzene rings is 2. The second kappa shape index (κ2) is 8.48.